The third kappa shape index (κ3) is 4.72. The SMILES string of the molecule is Cc1ccc(C)c(OCCN(C)C2CCN(C(C)C)CC2)c1. The van der Waals surface area contributed by atoms with E-state index in [4.69, 9.17) is 4.74 Å². The predicted molar refractivity (Wildman–Crippen MR) is 93.8 cm³/mol. The topological polar surface area (TPSA) is 15.7 Å². The zero-order valence-corrected chi connectivity index (χ0v) is 14.9. The summed E-state index contributed by atoms with van der Waals surface area (Å²) in [6, 6.07) is 7.79. The van der Waals surface area contributed by atoms with Crippen molar-refractivity contribution in [1.29, 1.82) is 0 Å². The van der Waals surface area contributed by atoms with Crippen LogP contribution in [-0.4, -0.2) is 55.2 Å². The molecule has 0 atom stereocenters. The number of aryl methyl sites for hydroxylation is 2. The number of hydrogen-bond acceptors (Lipinski definition) is 3. The number of likely N-dealkylation sites (N-methyl/N-ethyl adjacent to an activating group) is 1. The van der Waals surface area contributed by atoms with Crippen LogP contribution in [0.4, 0.5) is 0 Å². The van der Waals surface area contributed by atoms with Gasteiger partial charge in [-0.3, -0.25) is 4.90 Å². The van der Waals surface area contributed by atoms with E-state index in [0.29, 0.717) is 12.1 Å². The van der Waals surface area contributed by atoms with Gasteiger partial charge in [0.25, 0.3) is 0 Å². The van der Waals surface area contributed by atoms with Crippen LogP contribution in [-0.2, 0) is 0 Å². The van der Waals surface area contributed by atoms with Crippen molar-refractivity contribution < 1.29 is 4.74 Å². The van der Waals surface area contributed by atoms with Crippen LogP contribution >= 0.6 is 0 Å². The largest absolute Gasteiger partial charge is 0.492 e. The van der Waals surface area contributed by atoms with Gasteiger partial charge in [0.1, 0.15) is 12.4 Å². The second kappa shape index (κ2) is 7.98. The maximum atomic E-state index is 5.99. The van der Waals surface area contributed by atoms with Gasteiger partial charge in [-0.2, -0.15) is 0 Å². The van der Waals surface area contributed by atoms with Gasteiger partial charge < -0.3 is 9.64 Å². The fourth-order valence-corrected chi connectivity index (χ4v) is 3.19. The molecule has 1 aliphatic rings. The lowest BCUT2D eigenvalue weighted by Crippen LogP contribution is -2.46. The molecule has 22 heavy (non-hydrogen) atoms. The standard InChI is InChI=1S/C19H32N2O/c1-15(2)21-10-8-18(9-11-21)20(5)12-13-22-19-14-16(3)6-7-17(19)4/h6-7,14-15,18H,8-13H2,1-5H3. The molecule has 1 aliphatic heterocycles. The number of piperidine rings is 1. The number of nitrogens with zero attached hydrogens (tertiary/aromatic N) is 2. The highest BCUT2D eigenvalue weighted by Crippen LogP contribution is 2.20. The summed E-state index contributed by atoms with van der Waals surface area (Å²) in [6.07, 6.45) is 2.55. The molecule has 0 spiro atoms. The minimum atomic E-state index is 0.680. The van der Waals surface area contributed by atoms with E-state index >= 15 is 0 Å². The molecule has 1 fully saturated rings. The molecular weight excluding hydrogens is 272 g/mol. The average Bonchev–Trinajstić information content (AvgIpc) is 2.50. The fourth-order valence-electron chi connectivity index (χ4n) is 3.19. The van der Waals surface area contributed by atoms with E-state index in [1.165, 1.54) is 37.1 Å². The first-order chi connectivity index (χ1) is 10.5. The molecule has 0 aromatic heterocycles. The summed E-state index contributed by atoms with van der Waals surface area (Å²) in [7, 11) is 2.24. The molecule has 0 radical (unpaired) electrons. The highest BCUT2D eigenvalue weighted by Gasteiger charge is 2.23. The molecular formula is C19H32N2O. The Morgan fingerprint density at radius 2 is 1.91 bits per heavy atom. The van der Waals surface area contributed by atoms with Gasteiger partial charge >= 0.3 is 0 Å². The van der Waals surface area contributed by atoms with Crippen molar-refractivity contribution in [2.75, 3.05) is 33.3 Å². The molecule has 1 aromatic rings. The minimum absolute atomic E-state index is 0.680. The Labute approximate surface area is 136 Å². The van der Waals surface area contributed by atoms with Gasteiger partial charge in [0.05, 0.1) is 0 Å². The molecule has 2 rings (SSSR count). The first-order valence-electron chi connectivity index (χ1n) is 8.61. The molecule has 1 saturated heterocycles. The average molecular weight is 304 g/mol. The van der Waals surface area contributed by atoms with Crippen LogP contribution in [0.15, 0.2) is 18.2 Å². The van der Waals surface area contributed by atoms with E-state index < -0.39 is 0 Å². The molecule has 3 nitrogen and oxygen atoms in total. The smallest absolute Gasteiger partial charge is 0.122 e. The fraction of sp³-hybridized carbons (Fsp3) is 0.684. The van der Waals surface area contributed by atoms with Crippen LogP contribution in [0.5, 0.6) is 5.75 Å². The predicted octanol–water partition coefficient (Wildman–Crippen LogP) is 3.49. The van der Waals surface area contributed by atoms with Gasteiger partial charge in [0.15, 0.2) is 0 Å². The highest BCUT2D eigenvalue weighted by atomic mass is 16.5. The maximum absolute atomic E-state index is 5.99. The van der Waals surface area contributed by atoms with E-state index in [-0.39, 0.29) is 0 Å². The molecule has 124 valence electrons. The summed E-state index contributed by atoms with van der Waals surface area (Å²) in [5.74, 6) is 1.03. The first-order valence-corrected chi connectivity index (χ1v) is 8.61. The molecule has 0 saturated carbocycles. The van der Waals surface area contributed by atoms with Crippen LogP contribution in [0.3, 0.4) is 0 Å². The third-order valence-corrected chi connectivity index (χ3v) is 4.90. The third-order valence-electron chi connectivity index (χ3n) is 4.90. The lowest BCUT2D eigenvalue weighted by Gasteiger charge is -2.38. The van der Waals surface area contributed by atoms with Gasteiger partial charge in [-0.1, -0.05) is 12.1 Å². The molecule has 0 N–H and O–H groups in total. The number of rotatable bonds is 6. The van der Waals surface area contributed by atoms with Crippen molar-refractivity contribution in [3.8, 4) is 5.75 Å². The van der Waals surface area contributed by atoms with Gasteiger partial charge in [-0.05, 0) is 77.9 Å². The summed E-state index contributed by atoms with van der Waals surface area (Å²) in [5, 5.41) is 0. The number of hydrogen-bond donors (Lipinski definition) is 0. The van der Waals surface area contributed by atoms with Gasteiger partial charge in [0, 0.05) is 18.6 Å². The number of likely N-dealkylation sites (tertiary alicyclic amines) is 1. The molecule has 0 bridgehead atoms. The van der Waals surface area contributed by atoms with E-state index in [2.05, 4.69) is 62.7 Å². The summed E-state index contributed by atoms with van der Waals surface area (Å²) in [4.78, 5) is 5.06. The Bertz CT molecular complexity index is 465. The lowest BCUT2D eigenvalue weighted by molar-refractivity contribution is 0.0983. The van der Waals surface area contributed by atoms with Crippen molar-refractivity contribution in [2.45, 2.75) is 52.6 Å². The second-order valence-electron chi connectivity index (χ2n) is 6.96. The van der Waals surface area contributed by atoms with Crippen molar-refractivity contribution in [3.63, 3.8) is 0 Å². The number of benzene rings is 1. The lowest BCUT2D eigenvalue weighted by atomic mass is 10.0. The molecule has 1 heterocycles. The minimum Gasteiger partial charge on any atom is -0.492 e. The molecule has 0 aliphatic carbocycles. The zero-order valence-electron chi connectivity index (χ0n) is 14.9. The van der Waals surface area contributed by atoms with E-state index in [1.807, 2.05) is 0 Å². The van der Waals surface area contributed by atoms with Crippen molar-refractivity contribution in [2.24, 2.45) is 0 Å². The van der Waals surface area contributed by atoms with Crippen molar-refractivity contribution in [1.82, 2.24) is 9.80 Å². The summed E-state index contributed by atoms with van der Waals surface area (Å²) in [5.41, 5.74) is 2.48. The Hall–Kier alpha value is -1.06. The number of ether oxygens (including phenoxy) is 1. The van der Waals surface area contributed by atoms with E-state index in [9.17, 15) is 0 Å². The van der Waals surface area contributed by atoms with Crippen LogP contribution in [0.1, 0.15) is 37.8 Å². The monoisotopic (exact) mass is 304 g/mol. The Morgan fingerprint density at radius 1 is 1.23 bits per heavy atom. The van der Waals surface area contributed by atoms with Gasteiger partial charge in [-0.25, -0.2) is 0 Å². The van der Waals surface area contributed by atoms with Crippen LogP contribution in [0.25, 0.3) is 0 Å². The summed E-state index contributed by atoms with van der Waals surface area (Å²) >= 11 is 0. The highest BCUT2D eigenvalue weighted by molar-refractivity contribution is 5.35. The van der Waals surface area contributed by atoms with E-state index in [0.717, 1.165) is 18.9 Å². The molecule has 0 unspecified atom stereocenters. The zero-order chi connectivity index (χ0) is 16.1. The first kappa shape index (κ1) is 17.3. The summed E-state index contributed by atoms with van der Waals surface area (Å²) in [6.45, 7) is 13.0. The second-order valence-corrected chi connectivity index (χ2v) is 6.96. The van der Waals surface area contributed by atoms with Crippen molar-refractivity contribution in [3.05, 3.63) is 29.3 Å². The molecule has 3 heteroatoms. The van der Waals surface area contributed by atoms with Crippen LogP contribution in [0, 0.1) is 13.8 Å². The Kier molecular flexibility index (Phi) is 6.27. The van der Waals surface area contributed by atoms with Crippen LogP contribution in [0.2, 0.25) is 0 Å². The normalized spacial score (nSPS) is 17.4. The summed E-state index contributed by atoms with van der Waals surface area (Å²) < 4.78 is 5.99. The quantitative estimate of drug-likeness (QED) is 0.800. The molecule has 0 amide bonds. The molecule has 1 aromatic carbocycles. The van der Waals surface area contributed by atoms with E-state index in [1.54, 1.807) is 0 Å². The Balaban J connectivity index is 1.74. The maximum Gasteiger partial charge on any atom is 0.122 e. The van der Waals surface area contributed by atoms with Crippen molar-refractivity contribution >= 4 is 0 Å². The van der Waals surface area contributed by atoms with Gasteiger partial charge in [0.2, 0.25) is 0 Å². The van der Waals surface area contributed by atoms with Gasteiger partial charge in [-0.15, -0.1) is 0 Å². The Morgan fingerprint density at radius 3 is 2.55 bits per heavy atom. The van der Waals surface area contributed by atoms with Crippen LogP contribution < -0.4 is 4.74 Å².